The van der Waals surface area contributed by atoms with Gasteiger partial charge in [0.05, 0.1) is 0 Å². The predicted octanol–water partition coefficient (Wildman–Crippen LogP) is 10.6. The van der Waals surface area contributed by atoms with Crippen LogP contribution in [0.3, 0.4) is 0 Å². The zero-order valence-corrected chi connectivity index (χ0v) is 20.0. The number of rotatable bonds is 23. The van der Waals surface area contributed by atoms with Crippen molar-refractivity contribution in [3.05, 3.63) is 0 Å². The van der Waals surface area contributed by atoms with Gasteiger partial charge in [-0.05, 0) is 12.8 Å². The third-order valence-corrected chi connectivity index (χ3v) is 6.43. The predicted molar refractivity (Wildman–Crippen MR) is 127 cm³/mol. The minimum atomic E-state index is 0.443. The third-order valence-electron chi connectivity index (χ3n) is 5.99. The number of alkyl halides is 1. The standard InChI is InChI=1S/C26H53Cl/c1-3-5-7-9-11-12-13-14-15-16-17-18-19-21-23-25-26(27)24-22-20-10-8-6-4-2/h26H,3-25H2,1-2H3. The molecule has 0 heterocycles. The molecule has 0 N–H and O–H groups in total. The normalized spacial score (nSPS) is 12.6. The second kappa shape index (κ2) is 24.3. The lowest BCUT2D eigenvalue weighted by molar-refractivity contribution is 0.520. The fourth-order valence-corrected chi connectivity index (χ4v) is 4.34. The summed E-state index contributed by atoms with van der Waals surface area (Å²) in [5.74, 6) is 0. The molecule has 1 heteroatoms. The highest BCUT2D eigenvalue weighted by molar-refractivity contribution is 6.20. The van der Waals surface area contributed by atoms with E-state index in [9.17, 15) is 0 Å². The smallest absolute Gasteiger partial charge is 0.0336 e. The molecule has 0 aromatic heterocycles. The van der Waals surface area contributed by atoms with Crippen LogP contribution in [0.4, 0.5) is 0 Å². The zero-order valence-electron chi connectivity index (χ0n) is 19.2. The number of halogens is 1. The Morgan fingerprint density at radius 2 is 0.593 bits per heavy atom. The Bertz CT molecular complexity index is 251. The summed E-state index contributed by atoms with van der Waals surface area (Å²) in [6, 6.07) is 0. The molecule has 0 rings (SSSR count). The fourth-order valence-electron chi connectivity index (χ4n) is 4.03. The SMILES string of the molecule is CCCCCCCCCCCCCCCCCC(Cl)CCCCCCCC. The maximum atomic E-state index is 6.48. The number of hydrogen-bond donors (Lipinski definition) is 0. The first-order valence-corrected chi connectivity index (χ1v) is 13.4. The van der Waals surface area contributed by atoms with Gasteiger partial charge in [0.1, 0.15) is 0 Å². The molecule has 0 aromatic rings. The summed E-state index contributed by atoms with van der Waals surface area (Å²) in [6.45, 7) is 4.58. The topological polar surface area (TPSA) is 0 Å². The van der Waals surface area contributed by atoms with E-state index >= 15 is 0 Å². The van der Waals surface area contributed by atoms with Crippen molar-refractivity contribution < 1.29 is 0 Å². The van der Waals surface area contributed by atoms with E-state index in [1.165, 1.54) is 148 Å². The van der Waals surface area contributed by atoms with Gasteiger partial charge in [0.15, 0.2) is 0 Å². The van der Waals surface area contributed by atoms with Crippen molar-refractivity contribution in [3.63, 3.8) is 0 Å². The van der Waals surface area contributed by atoms with Crippen LogP contribution in [0.1, 0.15) is 162 Å². The molecule has 0 radical (unpaired) electrons. The van der Waals surface area contributed by atoms with E-state index in [1.54, 1.807) is 0 Å². The molecule has 0 fully saturated rings. The van der Waals surface area contributed by atoms with Gasteiger partial charge < -0.3 is 0 Å². The van der Waals surface area contributed by atoms with Crippen molar-refractivity contribution in [2.24, 2.45) is 0 Å². The van der Waals surface area contributed by atoms with E-state index < -0.39 is 0 Å². The molecular formula is C26H53Cl. The molecular weight excluding hydrogens is 348 g/mol. The highest BCUT2D eigenvalue weighted by Gasteiger charge is 2.04. The van der Waals surface area contributed by atoms with Crippen molar-refractivity contribution in [2.45, 2.75) is 167 Å². The molecule has 1 unspecified atom stereocenters. The second-order valence-corrected chi connectivity index (χ2v) is 9.51. The maximum Gasteiger partial charge on any atom is 0.0336 e. The summed E-state index contributed by atoms with van der Waals surface area (Å²) in [5.41, 5.74) is 0. The molecule has 0 spiro atoms. The van der Waals surface area contributed by atoms with Crippen molar-refractivity contribution >= 4 is 11.6 Å². The summed E-state index contributed by atoms with van der Waals surface area (Å²) < 4.78 is 0. The van der Waals surface area contributed by atoms with Crippen LogP contribution in [0.5, 0.6) is 0 Å². The lowest BCUT2D eigenvalue weighted by Gasteiger charge is -2.09. The van der Waals surface area contributed by atoms with Gasteiger partial charge >= 0.3 is 0 Å². The maximum absolute atomic E-state index is 6.48. The van der Waals surface area contributed by atoms with Crippen LogP contribution in [-0.2, 0) is 0 Å². The Morgan fingerprint density at radius 3 is 0.852 bits per heavy atom. The largest absolute Gasteiger partial charge is 0.123 e. The lowest BCUT2D eigenvalue weighted by atomic mass is 10.0. The van der Waals surface area contributed by atoms with Crippen LogP contribution < -0.4 is 0 Å². The van der Waals surface area contributed by atoms with E-state index in [0.717, 1.165) is 0 Å². The van der Waals surface area contributed by atoms with Crippen LogP contribution in [0.15, 0.2) is 0 Å². The first-order valence-electron chi connectivity index (χ1n) is 12.9. The van der Waals surface area contributed by atoms with Crippen LogP contribution in [0, 0.1) is 0 Å². The van der Waals surface area contributed by atoms with Crippen LogP contribution in [-0.4, -0.2) is 5.38 Å². The quantitative estimate of drug-likeness (QED) is 0.118. The molecule has 0 aliphatic rings. The molecule has 0 saturated heterocycles. The molecule has 0 aliphatic heterocycles. The third kappa shape index (κ3) is 24.3. The average Bonchev–Trinajstić information content (AvgIpc) is 2.67. The first kappa shape index (κ1) is 27.3. The van der Waals surface area contributed by atoms with Crippen LogP contribution >= 0.6 is 11.6 Å². The molecule has 1 atom stereocenters. The summed E-state index contributed by atoms with van der Waals surface area (Å²) in [7, 11) is 0. The molecule has 164 valence electrons. The molecule has 0 bridgehead atoms. The lowest BCUT2D eigenvalue weighted by Crippen LogP contribution is -1.98. The molecule has 0 aliphatic carbocycles. The Morgan fingerprint density at radius 1 is 0.370 bits per heavy atom. The van der Waals surface area contributed by atoms with E-state index in [1.807, 2.05) is 0 Å². The average molecular weight is 401 g/mol. The second-order valence-electron chi connectivity index (χ2n) is 8.89. The summed E-state index contributed by atoms with van der Waals surface area (Å²) in [6.07, 6.45) is 32.4. The van der Waals surface area contributed by atoms with Crippen LogP contribution in [0.2, 0.25) is 0 Å². The Hall–Kier alpha value is 0.290. The molecule has 0 nitrogen and oxygen atoms in total. The van der Waals surface area contributed by atoms with Gasteiger partial charge in [0.2, 0.25) is 0 Å². The minimum absolute atomic E-state index is 0.443. The fraction of sp³-hybridized carbons (Fsp3) is 1.00. The van der Waals surface area contributed by atoms with Crippen LogP contribution in [0.25, 0.3) is 0 Å². The van der Waals surface area contributed by atoms with Gasteiger partial charge in [-0.25, -0.2) is 0 Å². The molecule has 0 saturated carbocycles. The van der Waals surface area contributed by atoms with Crippen molar-refractivity contribution in [2.75, 3.05) is 0 Å². The summed E-state index contributed by atoms with van der Waals surface area (Å²) in [5, 5.41) is 0.443. The van der Waals surface area contributed by atoms with Crippen molar-refractivity contribution in [1.82, 2.24) is 0 Å². The van der Waals surface area contributed by atoms with Crippen molar-refractivity contribution in [1.29, 1.82) is 0 Å². The van der Waals surface area contributed by atoms with E-state index in [-0.39, 0.29) is 0 Å². The van der Waals surface area contributed by atoms with Gasteiger partial charge in [0, 0.05) is 5.38 Å². The monoisotopic (exact) mass is 400 g/mol. The van der Waals surface area contributed by atoms with E-state index in [2.05, 4.69) is 13.8 Å². The first-order chi connectivity index (χ1) is 13.3. The molecule has 0 amide bonds. The Kier molecular flexibility index (Phi) is 24.6. The van der Waals surface area contributed by atoms with Crippen molar-refractivity contribution in [3.8, 4) is 0 Å². The zero-order chi connectivity index (χ0) is 19.8. The highest BCUT2D eigenvalue weighted by atomic mass is 35.5. The Balaban J connectivity index is 3.09. The highest BCUT2D eigenvalue weighted by Crippen LogP contribution is 2.18. The molecule has 27 heavy (non-hydrogen) atoms. The Labute approximate surface area is 178 Å². The minimum Gasteiger partial charge on any atom is -0.123 e. The number of hydrogen-bond acceptors (Lipinski definition) is 0. The van der Waals surface area contributed by atoms with E-state index in [4.69, 9.17) is 11.6 Å². The van der Waals surface area contributed by atoms with Gasteiger partial charge in [-0.3, -0.25) is 0 Å². The summed E-state index contributed by atoms with van der Waals surface area (Å²) >= 11 is 6.48. The number of unbranched alkanes of at least 4 members (excludes halogenated alkanes) is 19. The van der Waals surface area contributed by atoms with E-state index in [0.29, 0.717) is 5.38 Å². The van der Waals surface area contributed by atoms with Gasteiger partial charge in [-0.15, -0.1) is 11.6 Å². The summed E-state index contributed by atoms with van der Waals surface area (Å²) in [4.78, 5) is 0. The van der Waals surface area contributed by atoms with Gasteiger partial charge in [-0.2, -0.15) is 0 Å². The van der Waals surface area contributed by atoms with Gasteiger partial charge in [0.25, 0.3) is 0 Å². The molecule has 0 aromatic carbocycles. The van der Waals surface area contributed by atoms with Gasteiger partial charge in [-0.1, -0.05) is 149 Å².